The van der Waals surface area contributed by atoms with E-state index in [1.165, 1.54) is 6.08 Å². The zero-order valence-electron chi connectivity index (χ0n) is 15.0. The number of allylic oxidation sites excluding steroid dienone is 1. The molecule has 0 heterocycles. The van der Waals surface area contributed by atoms with Crippen LogP contribution in [0.1, 0.15) is 58.2 Å². The molecule has 128 valence electrons. The highest BCUT2D eigenvalue weighted by atomic mass is 32.2. The number of phenols is 1. The smallest absolute Gasteiger partial charge is 0.177 e. The lowest BCUT2D eigenvalue weighted by Gasteiger charge is -2.28. The van der Waals surface area contributed by atoms with Crippen molar-refractivity contribution in [2.45, 2.75) is 52.4 Å². The monoisotopic (exact) mass is 337 g/mol. The zero-order valence-corrected chi connectivity index (χ0v) is 15.8. The Bertz CT molecular complexity index is 710. The maximum Gasteiger partial charge on any atom is 0.177 e. The summed E-state index contributed by atoms with van der Waals surface area (Å²) >= 11 is 0. The van der Waals surface area contributed by atoms with Gasteiger partial charge in [-0.2, -0.15) is 0 Å². The molecular formula is C18H27NO3S. The summed E-state index contributed by atoms with van der Waals surface area (Å²) < 4.78 is 23.5. The molecule has 1 aromatic rings. The largest absolute Gasteiger partial charge is 0.507 e. The van der Waals surface area contributed by atoms with Crippen LogP contribution in [0.4, 0.5) is 0 Å². The molecule has 0 aliphatic carbocycles. The zero-order chi connectivity index (χ0) is 18.2. The Morgan fingerprint density at radius 3 is 1.70 bits per heavy atom. The van der Waals surface area contributed by atoms with Gasteiger partial charge >= 0.3 is 0 Å². The SMILES string of the molecule is CC(C)(C)c1cc(/C=C(\C=N)S(C)(=O)=O)cc(C(C)(C)C)c1O. The summed E-state index contributed by atoms with van der Waals surface area (Å²) in [5.74, 6) is 0.248. The fourth-order valence-electron chi connectivity index (χ4n) is 2.30. The van der Waals surface area contributed by atoms with Crippen molar-refractivity contribution >= 4 is 22.1 Å². The van der Waals surface area contributed by atoms with Crippen LogP contribution >= 0.6 is 0 Å². The average Bonchev–Trinajstić information content (AvgIpc) is 2.32. The fourth-order valence-corrected chi connectivity index (χ4v) is 2.87. The third-order valence-electron chi connectivity index (χ3n) is 3.63. The predicted octanol–water partition coefficient (Wildman–Crippen LogP) is 4.02. The number of hydrogen-bond acceptors (Lipinski definition) is 4. The normalized spacial score (nSPS) is 14.0. The Kier molecular flexibility index (Phi) is 5.16. The number of nitrogens with one attached hydrogen (secondary N) is 1. The number of rotatable bonds is 3. The molecule has 23 heavy (non-hydrogen) atoms. The Labute approximate surface area is 139 Å². The van der Waals surface area contributed by atoms with Gasteiger partial charge in [-0.25, -0.2) is 8.42 Å². The highest BCUT2D eigenvalue weighted by molar-refractivity contribution is 7.95. The molecule has 0 radical (unpaired) electrons. The molecule has 1 rings (SSSR count). The van der Waals surface area contributed by atoms with E-state index in [-0.39, 0.29) is 21.5 Å². The van der Waals surface area contributed by atoms with E-state index in [0.717, 1.165) is 23.6 Å². The lowest BCUT2D eigenvalue weighted by Crippen LogP contribution is -2.17. The Morgan fingerprint density at radius 1 is 1.04 bits per heavy atom. The van der Waals surface area contributed by atoms with Crippen LogP contribution in [-0.4, -0.2) is 26.0 Å². The first-order valence-corrected chi connectivity index (χ1v) is 9.37. The fraction of sp³-hybridized carbons (Fsp3) is 0.500. The highest BCUT2D eigenvalue weighted by Crippen LogP contribution is 2.40. The van der Waals surface area contributed by atoms with Crippen molar-refractivity contribution in [2.24, 2.45) is 0 Å². The number of aromatic hydroxyl groups is 1. The minimum absolute atomic E-state index is 0.0529. The quantitative estimate of drug-likeness (QED) is 0.818. The summed E-state index contributed by atoms with van der Waals surface area (Å²) in [5.41, 5.74) is 1.61. The highest BCUT2D eigenvalue weighted by Gasteiger charge is 2.26. The maximum atomic E-state index is 11.7. The van der Waals surface area contributed by atoms with Crippen LogP contribution in [0.2, 0.25) is 0 Å². The van der Waals surface area contributed by atoms with Crippen molar-refractivity contribution in [1.29, 1.82) is 5.41 Å². The van der Waals surface area contributed by atoms with Gasteiger partial charge in [-0.05, 0) is 34.6 Å². The molecule has 5 heteroatoms. The number of hydrogen-bond donors (Lipinski definition) is 2. The standard InChI is InChI=1S/C18H27NO3S/c1-17(2,3)14-9-12(8-13(11-19)23(7,21)22)10-15(16(14)20)18(4,5)6/h8-11,19-20H,1-7H3/b13-8+,19-11?. The number of sulfone groups is 1. The molecule has 0 atom stereocenters. The van der Waals surface area contributed by atoms with Gasteiger partial charge in [0.2, 0.25) is 0 Å². The van der Waals surface area contributed by atoms with Gasteiger partial charge in [0, 0.05) is 23.6 Å². The van der Waals surface area contributed by atoms with Crippen molar-refractivity contribution in [3.8, 4) is 5.75 Å². The third-order valence-corrected chi connectivity index (χ3v) is 4.72. The second-order valence-corrected chi connectivity index (χ2v) is 9.94. The van der Waals surface area contributed by atoms with E-state index in [0.29, 0.717) is 5.56 Å². The Hall–Kier alpha value is -1.62. The summed E-state index contributed by atoms with van der Waals surface area (Å²) in [6.07, 6.45) is 3.40. The molecule has 0 aliphatic rings. The van der Waals surface area contributed by atoms with Crippen LogP contribution < -0.4 is 0 Å². The van der Waals surface area contributed by atoms with Crippen molar-refractivity contribution < 1.29 is 13.5 Å². The average molecular weight is 337 g/mol. The maximum absolute atomic E-state index is 11.7. The van der Waals surface area contributed by atoms with Gasteiger partial charge in [0.05, 0.1) is 4.91 Å². The van der Waals surface area contributed by atoms with E-state index >= 15 is 0 Å². The van der Waals surface area contributed by atoms with Crippen LogP contribution in [-0.2, 0) is 20.7 Å². The first-order valence-electron chi connectivity index (χ1n) is 7.48. The Balaban J connectivity index is 3.77. The molecule has 0 spiro atoms. The van der Waals surface area contributed by atoms with Crippen LogP contribution in [0.25, 0.3) is 6.08 Å². The minimum Gasteiger partial charge on any atom is -0.507 e. The van der Waals surface area contributed by atoms with Crippen LogP contribution in [0, 0.1) is 5.41 Å². The predicted molar refractivity (Wildman–Crippen MR) is 97.1 cm³/mol. The molecule has 0 fully saturated rings. The molecule has 0 aromatic heterocycles. The summed E-state index contributed by atoms with van der Waals surface area (Å²) in [6, 6.07) is 3.58. The minimum atomic E-state index is -3.46. The summed E-state index contributed by atoms with van der Waals surface area (Å²) in [5, 5.41) is 18.0. The topological polar surface area (TPSA) is 78.2 Å². The molecule has 0 saturated carbocycles. The van der Waals surface area contributed by atoms with Crippen LogP contribution in [0.3, 0.4) is 0 Å². The summed E-state index contributed by atoms with van der Waals surface area (Å²) in [7, 11) is -3.46. The lowest BCUT2D eigenvalue weighted by atomic mass is 9.78. The molecule has 0 aliphatic heterocycles. The summed E-state index contributed by atoms with van der Waals surface area (Å²) in [6.45, 7) is 12.0. The van der Waals surface area contributed by atoms with Crippen LogP contribution in [0.5, 0.6) is 5.75 Å². The van der Waals surface area contributed by atoms with E-state index in [1.54, 1.807) is 12.1 Å². The van der Waals surface area contributed by atoms with E-state index < -0.39 is 9.84 Å². The van der Waals surface area contributed by atoms with Gasteiger partial charge in [0.25, 0.3) is 0 Å². The second kappa shape index (κ2) is 6.11. The van der Waals surface area contributed by atoms with E-state index in [2.05, 4.69) is 0 Å². The van der Waals surface area contributed by atoms with Gasteiger partial charge in [-0.15, -0.1) is 0 Å². The first-order chi connectivity index (χ1) is 10.2. The van der Waals surface area contributed by atoms with Gasteiger partial charge in [-0.1, -0.05) is 41.5 Å². The Morgan fingerprint density at radius 2 is 1.43 bits per heavy atom. The van der Waals surface area contributed by atoms with E-state index in [4.69, 9.17) is 5.41 Å². The molecule has 0 amide bonds. The second-order valence-electron chi connectivity index (χ2n) is 7.93. The lowest BCUT2D eigenvalue weighted by molar-refractivity contribution is 0.423. The molecular weight excluding hydrogens is 310 g/mol. The van der Waals surface area contributed by atoms with Crippen molar-refractivity contribution in [3.05, 3.63) is 33.7 Å². The third kappa shape index (κ3) is 4.67. The van der Waals surface area contributed by atoms with Gasteiger partial charge in [0.15, 0.2) is 9.84 Å². The van der Waals surface area contributed by atoms with E-state index in [1.807, 2.05) is 41.5 Å². The van der Waals surface area contributed by atoms with E-state index in [9.17, 15) is 13.5 Å². The molecule has 2 N–H and O–H groups in total. The first kappa shape index (κ1) is 19.4. The van der Waals surface area contributed by atoms with Gasteiger partial charge < -0.3 is 10.5 Å². The van der Waals surface area contributed by atoms with Crippen molar-refractivity contribution in [2.75, 3.05) is 6.26 Å². The van der Waals surface area contributed by atoms with Crippen molar-refractivity contribution in [1.82, 2.24) is 0 Å². The van der Waals surface area contributed by atoms with Gasteiger partial charge in [-0.3, -0.25) is 0 Å². The number of benzene rings is 1. The molecule has 4 nitrogen and oxygen atoms in total. The molecule has 0 bridgehead atoms. The number of phenolic OH excluding ortho intramolecular Hbond substituents is 1. The molecule has 1 aromatic carbocycles. The molecule has 0 saturated heterocycles. The van der Waals surface area contributed by atoms with Gasteiger partial charge in [0.1, 0.15) is 5.75 Å². The molecule has 0 unspecified atom stereocenters. The van der Waals surface area contributed by atoms with Crippen molar-refractivity contribution in [3.63, 3.8) is 0 Å². The summed E-state index contributed by atoms with van der Waals surface area (Å²) in [4.78, 5) is -0.0529. The van der Waals surface area contributed by atoms with Crippen LogP contribution in [0.15, 0.2) is 17.0 Å².